The molecule has 0 aliphatic heterocycles. The van der Waals surface area contributed by atoms with Gasteiger partial charge in [0, 0.05) is 11.8 Å². The van der Waals surface area contributed by atoms with Crippen LogP contribution in [-0.2, 0) is 5.75 Å². The number of benzene rings is 1. The van der Waals surface area contributed by atoms with Crippen molar-refractivity contribution in [2.45, 2.75) is 10.8 Å². The Morgan fingerprint density at radius 2 is 2.14 bits per heavy atom. The maximum atomic E-state index is 11.3. The Hall–Kier alpha value is -2.61. The zero-order valence-electron chi connectivity index (χ0n) is 10.7. The number of carboxylic acid groups (broad SMARTS) is 1. The molecular formula is C13H11N3O4S. The molecule has 0 saturated carbocycles. The van der Waals surface area contributed by atoms with Crippen molar-refractivity contribution in [1.29, 1.82) is 0 Å². The Bertz CT molecular complexity index is 688. The summed E-state index contributed by atoms with van der Waals surface area (Å²) in [6.45, 7) is 0. The average Bonchev–Trinajstić information content (AvgIpc) is 2.46. The summed E-state index contributed by atoms with van der Waals surface area (Å²) >= 11 is 1.28. The Balaban J connectivity index is 2.27. The lowest BCUT2D eigenvalue weighted by Crippen LogP contribution is -2.06. The molecule has 21 heavy (non-hydrogen) atoms. The largest absolute Gasteiger partial charge is 0.477 e. The molecule has 2 aromatic rings. The molecule has 0 unspecified atom stereocenters. The van der Waals surface area contributed by atoms with E-state index in [1.807, 2.05) is 0 Å². The Labute approximate surface area is 124 Å². The minimum absolute atomic E-state index is 0.264. The lowest BCUT2D eigenvalue weighted by atomic mass is 10.1. The number of carbonyl (C=O) groups is 1. The number of nitrogen functional groups attached to an aromatic ring is 1. The first-order valence-electron chi connectivity index (χ1n) is 5.83. The molecule has 2 rings (SSSR count). The second-order valence-corrected chi connectivity index (χ2v) is 5.09. The van der Waals surface area contributed by atoms with Gasteiger partial charge in [0.05, 0.1) is 21.8 Å². The van der Waals surface area contributed by atoms with Gasteiger partial charge in [0.25, 0.3) is 5.69 Å². The number of rotatable bonds is 5. The number of nitro groups is 1. The summed E-state index contributed by atoms with van der Waals surface area (Å²) in [5.41, 5.74) is 5.73. The van der Waals surface area contributed by atoms with E-state index in [1.54, 1.807) is 18.2 Å². The fraction of sp³-hybridized carbons (Fsp3) is 0.0769. The number of nitro benzene ring substituents is 1. The van der Waals surface area contributed by atoms with Gasteiger partial charge in [-0.25, -0.2) is 9.78 Å². The van der Waals surface area contributed by atoms with Crippen molar-refractivity contribution in [2.75, 3.05) is 5.73 Å². The molecule has 1 heterocycles. The van der Waals surface area contributed by atoms with Crippen molar-refractivity contribution in [2.24, 2.45) is 0 Å². The van der Waals surface area contributed by atoms with Gasteiger partial charge in [-0.1, -0.05) is 12.1 Å². The number of nitrogens with two attached hydrogens (primary N) is 1. The van der Waals surface area contributed by atoms with Crippen LogP contribution in [-0.4, -0.2) is 21.0 Å². The molecule has 3 N–H and O–H groups in total. The van der Waals surface area contributed by atoms with Crippen LogP contribution >= 0.6 is 11.8 Å². The predicted molar refractivity (Wildman–Crippen MR) is 78.3 cm³/mol. The molecule has 1 aromatic carbocycles. The van der Waals surface area contributed by atoms with Crippen LogP contribution < -0.4 is 5.73 Å². The average molecular weight is 305 g/mol. The molecule has 108 valence electrons. The van der Waals surface area contributed by atoms with Crippen LogP contribution in [0.2, 0.25) is 0 Å². The summed E-state index contributed by atoms with van der Waals surface area (Å²) in [6.07, 6.45) is 1.49. The molecule has 0 aliphatic carbocycles. The number of aromatic carboxylic acids is 1. The van der Waals surface area contributed by atoms with Crippen LogP contribution in [0.15, 0.2) is 41.6 Å². The third kappa shape index (κ3) is 3.48. The molecule has 1 aromatic heterocycles. The maximum absolute atomic E-state index is 11.3. The highest BCUT2D eigenvalue weighted by Crippen LogP contribution is 2.28. The van der Waals surface area contributed by atoms with E-state index in [-0.39, 0.29) is 11.3 Å². The summed E-state index contributed by atoms with van der Waals surface area (Å²) in [5.74, 6) is -1.05. The second-order valence-electron chi connectivity index (χ2n) is 4.09. The maximum Gasteiger partial charge on any atom is 0.343 e. The van der Waals surface area contributed by atoms with Crippen LogP contribution in [0.1, 0.15) is 15.9 Å². The van der Waals surface area contributed by atoms with E-state index in [1.165, 1.54) is 30.1 Å². The number of pyridine rings is 1. The number of hydrogen-bond acceptors (Lipinski definition) is 6. The molecule has 7 nitrogen and oxygen atoms in total. The number of hydrogen-bond donors (Lipinski definition) is 2. The van der Waals surface area contributed by atoms with Crippen LogP contribution in [0, 0.1) is 10.1 Å². The standard InChI is InChI=1S/C13H11N3O4S/c14-9-4-5-11(15-6-9)21-7-8-2-1-3-10(16(19)20)12(8)13(17)18/h1-6H,7,14H2,(H,17,18). The van der Waals surface area contributed by atoms with Crippen molar-refractivity contribution in [3.8, 4) is 0 Å². The Morgan fingerprint density at radius 1 is 1.38 bits per heavy atom. The lowest BCUT2D eigenvalue weighted by molar-refractivity contribution is -0.385. The van der Waals surface area contributed by atoms with Gasteiger partial charge in [-0.3, -0.25) is 10.1 Å². The Morgan fingerprint density at radius 3 is 2.71 bits per heavy atom. The minimum Gasteiger partial charge on any atom is -0.477 e. The quantitative estimate of drug-likeness (QED) is 0.495. The fourth-order valence-electron chi connectivity index (χ4n) is 1.73. The van der Waals surface area contributed by atoms with Gasteiger partial charge in [-0.15, -0.1) is 11.8 Å². The van der Waals surface area contributed by atoms with E-state index in [2.05, 4.69) is 4.98 Å². The van der Waals surface area contributed by atoms with E-state index in [4.69, 9.17) is 5.73 Å². The molecule has 0 bridgehead atoms. The summed E-state index contributed by atoms with van der Waals surface area (Å²) in [6, 6.07) is 7.59. The number of aromatic nitrogens is 1. The molecule has 0 saturated heterocycles. The van der Waals surface area contributed by atoms with Crippen LogP contribution in [0.25, 0.3) is 0 Å². The summed E-state index contributed by atoms with van der Waals surface area (Å²) in [5, 5.41) is 20.7. The van der Waals surface area contributed by atoms with Crippen molar-refractivity contribution in [3.63, 3.8) is 0 Å². The van der Waals surface area contributed by atoms with Gasteiger partial charge >= 0.3 is 5.97 Å². The normalized spacial score (nSPS) is 10.3. The van der Waals surface area contributed by atoms with Crippen LogP contribution in [0.4, 0.5) is 11.4 Å². The van der Waals surface area contributed by atoms with E-state index in [0.717, 1.165) is 0 Å². The first-order valence-corrected chi connectivity index (χ1v) is 6.81. The van der Waals surface area contributed by atoms with Gasteiger partial charge in [0.1, 0.15) is 5.56 Å². The van der Waals surface area contributed by atoms with E-state index < -0.39 is 16.6 Å². The zero-order chi connectivity index (χ0) is 15.4. The third-order valence-corrected chi connectivity index (χ3v) is 3.67. The summed E-state index contributed by atoms with van der Waals surface area (Å²) < 4.78 is 0. The van der Waals surface area contributed by atoms with Crippen molar-refractivity contribution >= 4 is 29.1 Å². The number of anilines is 1. The van der Waals surface area contributed by atoms with Gasteiger partial charge in [-0.05, 0) is 17.7 Å². The molecule has 8 heteroatoms. The molecule has 0 atom stereocenters. The van der Waals surface area contributed by atoms with E-state index >= 15 is 0 Å². The van der Waals surface area contributed by atoms with E-state index in [9.17, 15) is 20.0 Å². The predicted octanol–water partition coefficient (Wildman–Crippen LogP) is 2.56. The highest BCUT2D eigenvalue weighted by Gasteiger charge is 2.23. The first-order chi connectivity index (χ1) is 9.99. The summed E-state index contributed by atoms with van der Waals surface area (Å²) in [4.78, 5) is 25.5. The highest BCUT2D eigenvalue weighted by atomic mass is 32.2. The van der Waals surface area contributed by atoms with Gasteiger partial charge < -0.3 is 10.8 Å². The minimum atomic E-state index is -1.32. The van der Waals surface area contributed by atoms with Crippen molar-refractivity contribution in [3.05, 3.63) is 57.8 Å². The first kappa shape index (κ1) is 14.8. The van der Waals surface area contributed by atoms with Gasteiger partial charge in [-0.2, -0.15) is 0 Å². The Kier molecular flexibility index (Phi) is 4.39. The number of nitrogens with zero attached hydrogens (tertiary/aromatic N) is 2. The third-order valence-electron chi connectivity index (χ3n) is 2.67. The lowest BCUT2D eigenvalue weighted by Gasteiger charge is -2.06. The zero-order valence-corrected chi connectivity index (χ0v) is 11.5. The van der Waals surface area contributed by atoms with Crippen molar-refractivity contribution in [1.82, 2.24) is 4.98 Å². The number of thioether (sulfide) groups is 1. The SMILES string of the molecule is Nc1ccc(SCc2cccc([N+](=O)[O-])c2C(=O)O)nc1. The molecule has 0 radical (unpaired) electrons. The van der Waals surface area contributed by atoms with Gasteiger partial charge in [0.2, 0.25) is 0 Å². The van der Waals surface area contributed by atoms with Crippen LogP contribution in [0.3, 0.4) is 0 Å². The monoisotopic (exact) mass is 305 g/mol. The van der Waals surface area contributed by atoms with Crippen molar-refractivity contribution < 1.29 is 14.8 Å². The smallest absolute Gasteiger partial charge is 0.343 e. The number of carboxylic acids is 1. The second kappa shape index (κ2) is 6.23. The molecule has 0 aliphatic rings. The summed E-state index contributed by atoms with van der Waals surface area (Å²) in [7, 11) is 0. The van der Waals surface area contributed by atoms with Gasteiger partial charge in [0.15, 0.2) is 0 Å². The topological polar surface area (TPSA) is 119 Å². The van der Waals surface area contributed by atoms with E-state index in [0.29, 0.717) is 16.3 Å². The highest BCUT2D eigenvalue weighted by molar-refractivity contribution is 7.98. The van der Waals surface area contributed by atoms with Crippen LogP contribution in [0.5, 0.6) is 0 Å². The fourth-order valence-corrected chi connectivity index (χ4v) is 2.57. The molecular weight excluding hydrogens is 294 g/mol. The molecule has 0 amide bonds. The molecule has 0 fully saturated rings. The molecule has 0 spiro atoms.